The van der Waals surface area contributed by atoms with Crippen LogP contribution in [0.1, 0.15) is 33.6 Å². The summed E-state index contributed by atoms with van der Waals surface area (Å²) in [5, 5.41) is 3.58. The second-order valence-corrected chi connectivity index (χ2v) is 5.70. The topological polar surface area (TPSA) is 33.7 Å². The van der Waals surface area contributed by atoms with Crippen molar-refractivity contribution in [1.29, 1.82) is 0 Å². The summed E-state index contributed by atoms with van der Waals surface area (Å²) in [7, 11) is 3.59. The first-order chi connectivity index (χ1) is 8.56. The monoisotopic (exact) mass is 258 g/mol. The lowest BCUT2D eigenvalue weighted by molar-refractivity contribution is 0.0956. The maximum absolute atomic E-state index is 5.43. The van der Waals surface area contributed by atoms with E-state index in [2.05, 4.69) is 31.0 Å². The van der Waals surface area contributed by atoms with Gasteiger partial charge in [0.2, 0.25) is 0 Å². The van der Waals surface area contributed by atoms with Crippen LogP contribution < -0.4 is 5.32 Å². The van der Waals surface area contributed by atoms with Crippen LogP contribution in [0.3, 0.4) is 0 Å². The van der Waals surface area contributed by atoms with Crippen LogP contribution in [0.5, 0.6) is 0 Å². The Morgan fingerprint density at radius 3 is 2.50 bits per heavy atom. The molecule has 18 heavy (non-hydrogen) atoms. The number of hydrogen-bond donors (Lipinski definition) is 1. The van der Waals surface area contributed by atoms with Crippen LogP contribution in [0.4, 0.5) is 0 Å². The van der Waals surface area contributed by atoms with Crippen LogP contribution >= 0.6 is 0 Å². The summed E-state index contributed by atoms with van der Waals surface area (Å²) in [4.78, 5) is 2.53. The minimum atomic E-state index is 0.423. The Kier molecular flexibility index (Phi) is 7.15. The summed E-state index contributed by atoms with van der Waals surface area (Å²) in [5.41, 5.74) is 0. The van der Waals surface area contributed by atoms with E-state index in [9.17, 15) is 0 Å². The molecule has 1 rings (SSSR count). The summed E-state index contributed by atoms with van der Waals surface area (Å²) >= 11 is 0. The smallest absolute Gasteiger partial charge is 0.0710 e. The van der Waals surface area contributed by atoms with Crippen molar-refractivity contribution >= 4 is 0 Å². The fraction of sp³-hybridized carbons (Fsp3) is 1.00. The molecule has 4 nitrogen and oxygen atoms in total. The van der Waals surface area contributed by atoms with Crippen molar-refractivity contribution in [2.75, 3.05) is 33.9 Å². The molecular weight excluding hydrogens is 228 g/mol. The van der Waals surface area contributed by atoms with Gasteiger partial charge in [-0.15, -0.1) is 0 Å². The van der Waals surface area contributed by atoms with Crippen LogP contribution in [-0.2, 0) is 9.47 Å². The molecule has 4 heteroatoms. The summed E-state index contributed by atoms with van der Waals surface area (Å²) in [6, 6.07) is 1.52. The normalized spacial score (nSPS) is 24.7. The number of nitrogens with one attached hydrogen (secondary N) is 1. The molecule has 0 saturated carbocycles. The first kappa shape index (κ1) is 15.9. The molecule has 0 radical (unpaired) electrons. The van der Waals surface area contributed by atoms with E-state index in [1.807, 2.05) is 7.11 Å². The lowest BCUT2D eigenvalue weighted by Gasteiger charge is -2.29. The van der Waals surface area contributed by atoms with E-state index >= 15 is 0 Å². The number of nitrogens with zero attached hydrogens (tertiary/aromatic N) is 1. The van der Waals surface area contributed by atoms with Crippen molar-refractivity contribution in [3.8, 4) is 0 Å². The second-order valence-electron chi connectivity index (χ2n) is 5.70. The molecule has 1 fully saturated rings. The number of methoxy groups -OCH3 is 2. The van der Waals surface area contributed by atoms with Crippen LogP contribution in [-0.4, -0.2) is 63.0 Å². The molecule has 0 spiro atoms. The molecule has 1 saturated heterocycles. The maximum Gasteiger partial charge on any atom is 0.0710 e. The molecule has 3 unspecified atom stereocenters. The van der Waals surface area contributed by atoms with Gasteiger partial charge in [-0.1, -0.05) is 13.8 Å². The molecule has 1 aliphatic rings. The zero-order chi connectivity index (χ0) is 13.5. The number of rotatable bonds is 8. The van der Waals surface area contributed by atoms with Gasteiger partial charge in [0.05, 0.1) is 12.7 Å². The fourth-order valence-corrected chi connectivity index (χ4v) is 2.76. The van der Waals surface area contributed by atoms with Crippen LogP contribution in [0.2, 0.25) is 0 Å². The quantitative estimate of drug-likeness (QED) is 0.715. The first-order valence-electron chi connectivity index (χ1n) is 7.08. The largest absolute Gasteiger partial charge is 0.383 e. The number of ether oxygens (including phenoxy) is 2. The summed E-state index contributed by atoms with van der Waals surface area (Å²) in [5.74, 6) is 0. The molecule has 0 aromatic heterocycles. The van der Waals surface area contributed by atoms with E-state index in [-0.39, 0.29) is 0 Å². The Hall–Kier alpha value is -0.160. The van der Waals surface area contributed by atoms with E-state index in [0.717, 1.165) is 32.5 Å². The van der Waals surface area contributed by atoms with E-state index in [1.54, 1.807) is 7.11 Å². The van der Waals surface area contributed by atoms with Gasteiger partial charge in [0, 0.05) is 45.4 Å². The Labute approximate surface area is 112 Å². The summed E-state index contributed by atoms with van der Waals surface area (Å²) in [6.07, 6.45) is 2.71. The zero-order valence-corrected chi connectivity index (χ0v) is 12.6. The predicted molar refractivity (Wildman–Crippen MR) is 75.0 cm³/mol. The Morgan fingerprint density at radius 2 is 2.00 bits per heavy atom. The van der Waals surface area contributed by atoms with Gasteiger partial charge in [-0.25, -0.2) is 0 Å². The molecule has 108 valence electrons. The summed E-state index contributed by atoms with van der Waals surface area (Å²) in [6.45, 7) is 9.68. The van der Waals surface area contributed by atoms with Gasteiger partial charge in [-0.3, -0.25) is 4.90 Å². The number of likely N-dealkylation sites (tertiary alicyclic amines) is 1. The highest BCUT2D eigenvalue weighted by atomic mass is 16.5. The van der Waals surface area contributed by atoms with Gasteiger partial charge < -0.3 is 14.8 Å². The Balaban J connectivity index is 2.38. The highest BCUT2D eigenvalue weighted by Crippen LogP contribution is 2.17. The lowest BCUT2D eigenvalue weighted by Crippen LogP contribution is -2.43. The second kappa shape index (κ2) is 8.10. The summed E-state index contributed by atoms with van der Waals surface area (Å²) < 4.78 is 10.7. The van der Waals surface area contributed by atoms with E-state index in [0.29, 0.717) is 24.2 Å². The molecule has 0 aliphatic carbocycles. The third kappa shape index (κ3) is 5.22. The van der Waals surface area contributed by atoms with Gasteiger partial charge in [0.1, 0.15) is 0 Å². The molecule has 0 bridgehead atoms. The molecule has 0 aromatic rings. The average molecular weight is 258 g/mol. The van der Waals surface area contributed by atoms with Crippen molar-refractivity contribution in [2.45, 2.75) is 57.8 Å². The third-order valence-corrected chi connectivity index (χ3v) is 3.70. The predicted octanol–water partition coefficient (Wildman–Crippen LogP) is 1.50. The maximum atomic E-state index is 5.43. The average Bonchev–Trinajstić information content (AvgIpc) is 2.76. The van der Waals surface area contributed by atoms with Crippen molar-refractivity contribution in [1.82, 2.24) is 10.2 Å². The molecule has 1 heterocycles. The van der Waals surface area contributed by atoms with Crippen LogP contribution in [0.15, 0.2) is 0 Å². The zero-order valence-electron chi connectivity index (χ0n) is 12.6. The molecular formula is C14H30N2O2. The van der Waals surface area contributed by atoms with Crippen molar-refractivity contribution in [2.24, 2.45) is 0 Å². The Bertz CT molecular complexity index is 224. The fourth-order valence-electron chi connectivity index (χ4n) is 2.76. The minimum absolute atomic E-state index is 0.423. The molecule has 3 atom stereocenters. The van der Waals surface area contributed by atoms with E-state index in [4.69, 9.17) is 9.47 Å². The standard InChI is InChI=1S/C14H30N2O2/c1-11(2)15-13(10-17-4)8-12(3)16-7-6-14(9-16)18-5/h11-15H,6-10H2,1-5H3. The SMILES string of the molecule is COCC(CC(C)N1CCC(OC)C1)NC(C)C. The highest BCUT2D eigenvalue weighted by Gasteiger charge is 2.27. The third-order valence-electron chi connectivity index (χ3n) is 3.70. The molecule has 0 amide bonds. The van der Waals surface area contributed by atoms with Gasteiger partial charge >= 0.3 is 0 Å². The minimum Gasteiger partial charge on any atom is -0.383 e. The lowest BCUT2D eigenvalue weighted by atomic mass is 10.1. The van der Waals surface area contributed by atoms with Crippen molar-refractivity contribution in [3.63, 3.8) is 0 Å². The molecule has 0 aromatic carbocycles. The van der Waals surface area contributed by atoms with Gasteiger partial charge in [0.15, 0.2) is 0 Å². The highest BCUT2D eigenvalue weighted by molar-refractivity contribution is 4.83. The Morgan fingerprint density at radius 1 is 1.28 bits per heavy atom. The van der Waals surface area contributed by atoms with Gasteiger partial charge in [-0.2, -0.15) is 0 Å². The van der Waals surface area contributed by atoms with Crippen molar-refractivity contribution in [3.05, 3.63) is 0 Å². The van der Waals surface area contributed by atoms with Gasteiger partial charge in [-0.05, 0) is 19.8 Å². The molecule has 1 aliphatic heterocycles. The van der Waals surface area contributed by atoms with E-state index < -0.39 is 0 Å². The first-order valence-corrected chi connectivity index (χ1v) is 7.08. The molecule has 1 N–H and O–H groups in total. The van der Waals surface area contributed by atoms with Crippen LogP contribution in [0, 0.1) is 0 Å². The van der Waals surface area contributed by atoms with Gasteiger partial charge in [0.25, 0.3) is 0 Å². The van der Waals surface area contributed by atoms with Crippen LogP contribution in [0.25, 0.3) is 0 Å². The van der Waals surface area contributed by atoms with E-state index in [1.165, 1.54) is 0 Å². The van der Waals surface area contributed by atoms with Crippen molar-refractivity contribution < 1.29 is 9.47 Å². The number of hydrogen-bond acceptors (Lipinski definition) is 4.